The van der Waals surface area contributed by atoms with E-state index in [-0.39, 0.29) is 11.9 Å². The third-order valence-electron chi connectivity index (χ3n) is 3.76. The van der Waals surface area contributed by atoms with Crippen molar-refractivity contribution < 1.29 is 4.79 Å². The van der Waals surface area contributed by atoms with Gasteiger partial charge in [0.05, 0.1) is 6.04 Å². The molecule has 1 heterocycles. The molecular weight excluding hydrogens is 200 g/mol. The van der Waals surface area contributed by atoms with Crippen molar-refractivity contribution in [3.8, 4) is 0 Å². The summed E-state index contributed by atoms with van der Waals surface area (Å²) in [5.74, 6) is 1.68. The van der Waals surface area contributed by atoms with E-state index in [1.807, 2.05) is 18.7 Å². The van der Waals surface area contributed by atoms with Crippen molar-refractivity contribution in [2.45, 2.75) is 46.6 Å². The van der Waals surface area contributed by atoms with E-state index in [2.05, 4.69) is 19.2 Å². The third-order valence-corrected chi connectivity index (χ3v) is 3.76. The summed E-state index contributed by atoms with van der Waals surface area (Å²) in [6.07, 6.45) is 2.21. The van der Waals surface area contributed by atoms with E-state index >= 15 is 0 Å². The average molecular weight is 226 g/mol. The number of nitrogens with zero attached hydrogens (tertiary/aromatic N) is 1. The summed E-state index contributed by atoms with van der Waals surface area (Å²) >= 11 is 0. The number of hydrogen-bond donors (Lipinski definition) is 1. The van der Waals surface area contributed by atoms with E-state index in [9.17, 15) is 4.79 Å². The highest BCUT2D eigenvalue weighted by molar-refractivity contribution is 5.82. The average Bonchev–Trinajstić information content (AvgIpc) is 2.30. The summed E-state index contributed by atoms with van der Waals surface area (Å²) in [5.41, 5.74) is 0. The van der Waals surface area contributed by atoms with Crippen LogP contribution in [0.1, 0.15) is 40.5 Å². The second-order valence-electron chi connectivity index (χ2n) is 5.05. The minimum Gasteiger partial charge on any atom is -0.342 e. The van der Waals surface area contributed by atoms with Gasteiger partial charge in [0.2, 0.25) is 5.91 Å². The van der Waals surface area contributed by atoms with Crippen LogP contribution in [0.15, 0.2) is 0 Å². The Balaban J connectivity index is 2.56. The molecule has 1 saturated heterocycles. The molecule has 16 heavy (non-hydrogen) atoms. The van der Waals surface area contributed by atoms with E-state index in [0.29, 0.717) is 11.8 Å². The van der Waals surface area contributed by atoms with Crippen LogP contribution in [-0.4, -0.2) is 36.5 Å². The Morgan fingerprint density at radius 3 is 2.50 bits per heavy atom. The number of hydrogen-bond acceptors (Lipinski definition) is 2. The first-order valence-electron chi connectivity index (χ1n) is 6.62. The number of carbonyl (C=O) groups excluding carboxylic acids is 1. The molecule has 0 saturated carbocycles. The number of rotatable bonds is 4. The Hall–Kier alpha value is -0.570. The summed E-state index contributed by atoms with van der Waals surface area (Å²) in [7, 11) is 0. The quantitative estimate of drug-likeness (QED) is 0.794. The predicted molar refractivity (Wildman–Crippen MR) is 67.3 cm³/mol. The number of amides is 1. The summed E-state index contributed by atoms with van der Waals surface area (Å²) in [5, 5.41) is 3.36. The molecule has 0 spiro atoms. The summed E-state index contributed by atoms with van der Waals surface area (Å²) < 4.78 is 0. The Morgan fingerprint density at radius 2 is 2.00 bits per heavy atom. The molecule has 0 aromatic heterocycles. The van der Waals surface area contributed by atoms with Crippen molar-refractivity contribution in [3.05, 3.63) is 0 Å². The van der Waals surface area contributed by atoms with E-state index in [0.717, 1.165) is 26.1 Å². The molecule has 0 aliphatic carbocycles. The zero-order valence-electron chi connectivity index (χ0n) is 11.1. The topological polar surface area (TPSA) is 32.3 Å². The van der Waals surface area contributed by atoms with Crippen LogP contribution in [0, 0.1) is 11.8 Å². The van der Waals surface area contributed by atoms with Gasteiger partial charge in [0.1, 0.15) is 0 Å². The highest BCUT2D eigenvalue weighted by atomic mass is 16.2. The van der Waals surface area contributed by atoms with Crippen LogP contribution in [0.25, 0.3) is 0 Å². The van der Waals surface area contributed by atoms with Crippen molar-refractivity contribution in [3.63, 3.8) is 0 Å². The van der Waals surface area contributed by atoms with Gasteiger partial charge in [0.15, 0.2) is 0 Å². The van der Waals surface area contributed by atoms with Crippen LogP contribution in [-0.2, 0) is 4.79 Å². The van der Waals surface area contributed by atoms with Gasteiger partial charge in [-0.2, -0.15) is 0 Å². The Bertz CT molecular complexity index is 224. The molecule has 2 atom stereocenters. The molecule has 1 rings (SSSR count). The maximum atomic E-state index is 12.2. The van der Waals surface area contributed by atoms with Gasteiger partial charge in [0.25, 0.3) is 0 Å². The lowest BCUT2D eigenvalue weighted by atomic mass is 9.83. The molecule has 2 unspecified atom stereocenters. The van der Waals surface area contributed by atoms with Crippen molar-refractivity contribution in [2.75, 3.05) is 19.6 Å². The highest BCUT2D eigenvalue weighted by Crippen LogP contribution is 2.24. The van der Waals surface area contributed by atoms with Crippen LogP contribution >= 0.6 is 0 Å². The summed E-state index contributed by atoms with van der Waals surface area (Å²) in [6, 6.07) is 0.0565. The normalized spacial score (nSPS) is 25.8. The Kier molecular flexibility index (Phi) is 5.26. The van der Waals surface area contributed by atoms with Crippen LogP contribution in [0.2, 0.25) is 0 Å². The van der Waals surface area contributed by atoms with E-state index in [4.69, 9.17) is 0 Å². The second-order valence-corrected chi connectivity index (χ2v) is 5.05. The maximum Gasteiger partial charge on any atom is 0.239 e. The molecule has 0 aromatic carbocycles. The predicted octanol–water partition coefficient (Wildman–Crippen LogP) is 1.88. The molecule has 3 nitrogen and oxygen atoms in total. The van der Waals surface area contributed by atoms with Gasteiger partial charge in [-0.1, -0.05) is 13.8 Å². The SMILES string of the molecule is CCN(CC)C(=O)C1CC(C(C)C)CCN1. The first kappa shape index (κ1) is 13.5. The lowest BCUT2D eigenvalue weighted by molar-refractivity contribution is -0.134. The summed E-state index contributed by atoms with van der Waals surface area (Å²) in [4.78, 5) is 14.1. The molecule has 1 N–H and O–H groups in total. The second kappa shape index (κ2) is 6.24. The van der Waals surface area contributed by atoms with Crippen LogP contribution in [0.5, 0.6) is 0 Å². The molecule has 1 amide bonds. The number of carbonyl (C=O) groups is 1. The molecule has 0 radical (unpaired) electrons. The first-order valence-corrected chi connectivity index (χ1v) is 6.62. The zero-order chi connectivity index (χ0) is 12.1. The van der Waals surface area contributed by atoms with Crippen LogP contribution in [0.4, 0.5) is 0 Å². The van der Waals surface area contributed by atoms with Crippen molar-refractivity contribution in [2.24, 2.45) is 11.8 Å². The van der Waals surface area contributed by atoms with Gasteiger partial charge in [-0.25, -0.2) is 0 Å². The molecule has 94 valence electrons. The first-order chi connectivity index (χ1) is 7.60. The lowest BCUT2D eigenvalue weighted by Crippen LogP contribution is -2.50. The third kappa shape index (κ3) is 3.21. The largest absolute Gasteiger partial charge is 0.342 e. The Labute approximate surface area is 99.6 Å². The van der Waals surface area contributed by atoms with Gasteiger partial charge in [-0.3, -0.25) is 4.79 Å². The van der Waals surface area contributed by atoms with Crippen LogP contribution in [0.3, 0.4) is 0 Å². The molecule has 0 bridgehead atoms. The van der Waals surface area contributed by atoms with E-state index in [1.165, 1.54) is 6.42 Å². The number of nitrogens with one attached hydrogen (secondary N) is 1. The van der Waals surface area contributed by atoms with E-state index < -0.39 is 0 Å². The number of likely N-dealkylation sites (N-methyl/N-ethyl adjacent to an activating group) is 1. The molecule has 3 heteroatoms. The molecule has 0 aromatic rings. The fraction of sp³-hybridized carbons (Fsp3) is 0.923. The van der Waals surface area contributed by atoms with Gasteiger partial charge in [-0.05, 0) is 45.1 Å². The van der Waals surface area contributed by atoms with Gasteiger partial charge in [0, 0.05) is 13.1 Å². The fourth-order valence-corrected chi connectivity index (χ4v) is 2.50. The van der Waals surface area contributed by atoms with Crippen molar-refractivity contribution in [1.29, 1.82) is 0 Å². The number of piperidine rings is 1. The minimum atomic E-state index is 0.0565. The molecule has 1 aliphatic heterocycles. The molecular formula is C13H26N2O. The maximum absolute atomic E-state index is 12.2. The molecule has 1 fully saturated rings. The highest BCUT2D eigenvalue weighted by Gasteiger charge is 2.30. The van der Waals surface area contributed by atoms with Crippen LogP contribution < -0.4 is 5.32 Å². The summed E-state index contributed by atoms with van der Waals surface area (Å²) in [6.45, 7) is 11.2. The van der Waals surface area contributed by atoms with Gasteiger partial charge in [-0.15, -0.1) is 0 Å². The van der Waals surface area contributed by atoms with Gasteiger partial charge < -0.3 is 10.2 Å². The zero-order valence-corrected chi connectivity index (χ0v) is 11.1. The van der Waals surface area contributed by atoms with Crippen molar-refractivity contribution in [1.82, 2.24) is 10.2 Å². The molecule has 1 aliphatic rings. The Morgan fingerprint density at radius 1 is 1.38 bits per heavy atom. The smallest absolute Gasteiger partial charge is 0.239 e. The fourth-order valence-electron chi connectivity index (χ4n) is 2.50. The van der Waals surface area contributed by atoms with Gasteiger partial charge >= 0.3 is 0 Å². The minimum absolute atomic E-state index is 0.0565. The van der Waals surface area contributed by atoms with E-state index in [1.54, 1.807) is 0 Å². The van der Waals surface area contributed by atoms with Crippen molar-refractivity contribution >= 4 is 5.91 Å². The monoisotopic (exact) mass is 226 g/mol. The standard InChI is InChI=1S/C13H26N2O/c1-5-15(6-2)13(16)12-9-11(10(3)4)7-8-14-12/h10-12,14H,5-9H2,1-4H3. The lowest BCUT2D eigenvalue weighted by Gasteiger charge is -2.34.